The van der Waals surface area contributed by atoms with Crippen molar-refractivity contribution in [1.82, 2.24) is 15.3 Å². The minimum absolute atomic E-state index is 0.211. The molecule has 3 rings (SSSR count). The minimum Gasteiger partial charge on any atom is -0.495 e. The van der Waals surface area contributed by atoms with Crippen LogP contribution in [0.3, 0.4) is 0 Å². The average molecular weight is 340 g/mol. The monoisotopic (exact) mass is 340 g/mol. The number of hydrogen-bond donors (Lipinski definition) is 3. The maximum atomic E-state index is 11.1. The number of methoxy groups -OCH3 is 1. The van der Waals surface area contributed by atoms with E-state index in [1.807, 2.05) is 42.5 Å². The molecule has 1 aromatic heterocycles. The molecular formula is C17H16N4O2S. The molecule has 0 saturated heterocycles. The number of aromatic amines is 1. The second-order valence-corrected chi connectivity index (χ2v) is 5.56. The van der Waals surface area contributed by atoms with E-state index in [-0.39, 0.29) is 11.0 Å². The van der Waals surface area contributed by atoms with E-state index in [0.717, 1.165) is 22.4 Å². The summed E-state index contributed by atoms with van der Waals surface area (Å²) in [5.74, 6) is 1.12. The van der Waals surface area contributed by atoms with E-state index in [1.165, 1.54) is 6.92 Å². The van der Waals surface area contributed by atoms with Crippen LogP contribution in [-0.2, 0) is 4.79 Å². The molecule has 122 valence electrons. The first-order chi connectivity index (χ1) is 11.6. The third-order valence-electron chi connectivity index (χ3n) is 3.40. The highest BCUT2D eigenvalue weighted by molar-refractivity contribution is 7.80. The van der Waals surface area contributed by atoms with Crippen LogP contribution in [0.25, 0.3) is 22.4 Å². The summed E-state index contributed by atoms with van der Waals surface area (Å²) >= 11 is 5.11. The van der Waals surface area contributed by atoms with Crippen LogP contribution < -0.4 is 15.4 Å². The predicted octanol–water partition coefficient (Wildman–Crippen LogP) is 3.07. The predicted molar refractivity (Wildman–Crippen MR) is 98.1 cm³/mol. The zero-order chi connectivity index (χ0) is 17.1. The number of imidazole rings is 1. The lowest BCUT2D eigenvalue weighted by atomic mass is 10.1. The zero-order valence-electron chi connectivity index (χ0n) is 13.2. The number of benzene rings is 2. The van der Waals surface area contributed by atoms with Crippen LogP contribution in [0.15, 0.2) is 42.5 Å². The van der Waals surface area contributed by atoms with Crippen LogP contribution in [0.5, 0.6) is 5.75 Å². The minimum atomic E-state index is -0.236. The van der Waals surface area contributed by atoms with Crippen molar-refractivity contribution < 1.29 is 9.53 Å². The fourth-order valence-corrected chi connectivity index (χ4v) is 2.61. The smallest absolute Gasteiger partial charge is 0.222 e. The standard InChI is InChI=1S/C17H16N4O2S/c1-10(22)18-17(24)21-14-9-11(7-8-15(14)23-2)16-19-12-5-3-4-6-13(12)20-16/h3-9H,1-2H3,(H,19,20)(H2,18,21,22,24). The van der Waals surface area contributed by atoms with Crippen LogP contribution in [0.4, 0.5) is 5.69 Å². The van der Waals surface area contributed by atoms with E-state index < -0.39 is 0 Å². The van der Waals surface area contributed by atoms with Gasteiger partial charge in [-0.1, -0.05) is 12.1 Å². The molecule has 2 aromatic carbocycles. The topological polar surface area (TPSA) is 79.0 Å². The van der Waals surface area contributed by atoms with Gasteiger partial charge in [0.25, 0.3) is 0 Å². The molecule has 0 aliphatic heterocycles. The van der Waals surface area contributed by atoms with E-state index in [2.05, 4.69) is 20.6 Å². The largest absolute Gasteiger partial charge is 0.495 e. The van der Waals surface area contributed by atoms with Gasteiger partial charge in [0, 0.05) is 12.5 Å². The maximum Gasteiger partial charge on any atom is 0.222 e. The van der Waals surface area contributed by atoms with Gasteiger partial charge in [0.1, 0.15) is 11.6 Å². The molecule has 3 aromatic rings. The Bertz CT molecular complexity index is 887. The summed E-state index contributed by atoms with van der Waals surface area (Å²) < 4.78 is 5.34. The number of ether oxygens (including phenoxy) is 1. The molecule has 1 heterocycles. The molecule has 0 aliphatic carbocycles. The average Bonchev–Trinajstić information content (AvgIpc) is 2.98. The molecule has 0 spiro atoms. The second kappa shape index (κ2) is 6.67. The molecule has 6 nitrogen and oxygen atoms in total. The highest BCUT2D eigenvalue weighted by Crippen LogP contribution is 2.30. The lowest BCUT2D eigenvalue weighted by molar-refractivity contribution is -0.117. The lowest BCUT2D eigenvalue weighted by Crippen LogP contribution is -2.32. The van der Waals surface area contributed by atoms with Gasteiger partial charge in [0.15, 0.2) is 5.11 Å². The number of anilines is 1. The SMILES string of the molecule is COc1ccc(-c2nc3ccccc3[nH]2)cc1NC(=S)NC(C)=O. The molecule has 1 amide bonds. The number of carbonyl (C=O) groups is 1. The summed E-state index contributed by atoms with van der Waals surface area (Å²) in [6.07, 6.45) is 0. The van der Waals surface area contributed by atoms with Crippen LogP contribution in [0, 0.1) is 0 Å². The fourth-order valence-electron chi connectivity index (χ4n) is 2.36. The number of hydrogen-bond acceptors (Lipinski definition) is 4. The lowest BCUT2D eigenvalue weighted by Gasteiger charge is -2.13. The van der Waals surface area contributed by atoms with E-state index >= 15 is 0 Å². The first-order valence-corrected chi connectivity index (χ1v) is 7.69. The first-order valence-electron chi connectivity index (χ1n) is 7.28. The number of thiocarbonyl (C=S) groups is 1. The zero-order valence-corrected chi connectivity index (χ0v) is 14.0. The van der Waals surface area contributed by atoms with Gasteiger partial charge < -0.3 is 20.4 Å². The van der Waals surface area contributed by atoms with Crippen molar-refractivity contribution in [2.75, 3.05) is 12.4 Å². The number of fused-ring (bicyclic) bond motifs is 1. The summed E-state index contributed by atoms with van der Waals surface area (Å²) in [6.45, 7) is 1.40. The Kier molecular flexibility index (Phi) is 4.43. The summed E-state index contributed by atoms with van der Waals surface area (Å²) in [5.41, 5.74) is 3.38. The quantitative estimate of drug-likeness (QED) is 0.639. The highest BCUT2D eigenvalue weighted by atomic mass is 32.1. The molecular weight excluding hydrogens is 324 g/mol. The van der Waals surface area contributed by atoms with Crippen LogP contribution in [0.1, 0.15) is 6.92 Å². The molecule has 0 aliphatic rings. The summed E-state index contributed by atoms with van der Waals surface area (Å²) in [6, 6.07) is 13.4. The van der Waals surface area contributed by atoms with Gasteiger partial charge in [-0.05, 0) is 42.5 Å². The maximum absolute atomic E-state index is 11.1. The van der Waals surface area contributed by atoms with Gasteiger partial charge in [-0.25, -0.2) is 4.98 Å². The van der Waals surface area contributed by atoms with Crippen molar-refractivity contribution in [3.8, 4) is 17.1 Å². The molecule has 0 bridgehead atoms. The second-order valence-electron chi connectivity index (χ2n) is 5.15. The highest BCUT2D eigenvalue weighted by Gasteiger charge is 2.11. The van der Waals surface area contributed by atoms with Crippen molar-refractivity contribution in [2.24, 2.45) is 0 Å². The van der Waals surface area contributed by atoms with E-state index in [0.29, 0.717) is 11.4 Å². The van der Waals surface area contributed by atoms with Crippen LogP contribution in [-0.4, -0.2) is 28.1 Å². The summed E-state index contributed by atoms with van der Waals surface area (Å²) in [7, 11) is 1.57. The molecule has 0 fully saturated rings. The number of H-pyrrole nitrogens is 1. The fraction of sp³-hybridized carbons (Fsp3) is 0.118. The van der Waals surface area contributed by atoms with Crippen molar-refractivity contribution in [3.63, 3.8) is 0 Å². The third kappa shape index (κ3) is 3.36. The molecule has 24 heavy (non-hydrogen) atoms. The normalized spacial score (nSPS) is 10.4. The molecule has 0 saturated carbocycles. The number of aromatic nitrogens is 2. The number of amides is 1. The van der Waals surface area contributed by atoms with Gasteiger partial charge in [-0.3, -0.25) is 4.79 Å². The molecule has 0 radical (unpaired) electrons. The number of carbonyl (C=O) groups excluding carboxylic acids is 1. The van der Waals surface area contributed by atoms with E-state index in [9.17, 15) is 4.79 Å². The molecule has 0 unspecified atom stereocenters. The Hall–Kier alpha value is -2.93. The number of rotatable bonds is 3. The van der Waals surface area contributed by atoms with Crippen LogP contribution >= 0.6 is 12.2 Å². The number of nitrogens with one attached hydrogen (secondary N) is 3. The molecule has 0 atom stereocenters. The van der Waals surface area contributed by atoms with Gasteiger partial charge in [0.2, 0.25) is 5.91 Å². The van der Waals surface area contributed by atoms with Gasteiger partial charge in [-0.2, -0.15) is 0 Å². The summed E-state index contributed by atoms with van der Waals surface area (Å²) in [4.78, 5) is 19.0. The molecule has 3 N–H and O–H groups in total. The number of para-hydroxylation sites is 2. The Morgan fingerprint density at radius 1 is 1.25 bits per heavy atom. The van der Waals surface area contributed by atoms with Gasteiger partial charge in [0.05, 0.1) is 23.8 Å². The van der Waals surface area contributed by atoms with Crippen molar-refractivity contribution in [3.05, 3.63) is 42.5 Å². The Labute approximate surface area is 144 Å². The summed E-state index contributed by atoms with van der Waals surface area (Å²) in [5, 5.41) is 5.71. The Balaban J connectivity index is 1.96. The number of nitrogens with zero attached hydrogens (tertiary/aromatic N) is 1. The van der Waals surface area contributed by atoms with Gasteiger partial charge in [-0.15, -0.1) is 0 Å². The first kappa shape index (κ1) is 15.9. The van der Waals surface area contributed by atoms with Crippen LogP contribution in [0.2, 0.25) is 0 Å². The van der Waals surface area contributed by atoms with Crippen molar-refractivity contribution >= 4 is 40.0 Å². The third-order valence-corrected chi connectivity index (χ3v) is 3.60. The Morgan fingerprint density at radius 2 is 2.04 bits per heavy atom. The van der Waals surface area contributed by atoms with Crippen molar-refractivity contribution in [1.29, 1.82) is 0 Å². The Morgan fingerprint density at radius 3 is 2.75 bits per heavy atom. The van der Waals surface area contributed by atoms with Gasteiger partial charge >= 0.3 is 0 Å². The van der Waals surface area contributed by atoms with E-state index in [4.69, 9.17) is 17.0 Å². The molecule has 7 heteroatoms. The van der Waals surface area contributed by atoms with E-state index in [1.54, 1.807) is 7.11 Å². The van der Waals surface area contributed by atoms with Crippen molar-refractivity contribution in [2.45, 2.75) is 6.92 Å².